The summed E-state index contributed by atoms with van der Waals surface area (Å²) in [5, 5.41) is 6.05. The Labute approximate surface area is 239 Å². The number of sulfone groups is 1. The van der Waals surface area contributed by atoms with E-state index in [1.807, 2.05) is 18.2 Å². The lowest BCUT2D eigenvalue weighted by atomic mass is 10.1. The van der Waals surface area contributed by atoms with Gasteiger partial charge >= 0.3 is 0 Å². The fraction of sp³-hybridized carbons (Fsp3) is 0.300. The summed E-state index contributed by atoms with van der Waals surface area (Å²) < 4.78 is 38.0. The second-order valence-electron chi connectivity index (χ2n) is 9.91. The van der Waals surface area contributed by atoms with Gasteiger partial charge in [-0.05, 0) is 56.3 Å². The summed E-state index contributed by atoms with van der Waals surface area (Å²) in [7, 11) is -0.757. The molecule has 10 nitrogen and oxygen atoms in total. The molecule has 41 heavy (non-hydrogen) atoms. The van der Waals surface area contributed by atoms with Crippen LogP contribution in [0.15, 0.2) is 71.6 Å². The number of ether oxygens (including phenoxy) is 2. The molecule has 1 aliphatic heterocycles. The smallest absolute Gasteiger partial charge is 0.238 e. The zero-order chi connectivity index (χ0) is 28.8. The molecule has 5 rings (SSSR count). The Morgan fingerprint density at radius 1 is 0.854 bits per heavy atom. The van der Waals surface area contributed by atoms with Crippen molar-refractivity contribution in [2.75, 3.05) is 44.5 Å². The van der Waals surface area contributed by atoms with E-state index >= 15 is 0 Å². The number of likely N-dealkylation sites (tertiary alicyclic amines) is 1. The van der Waals surface area contributed by atoms with Crippen molar-refractivity contribution >= 4 is 44.0 Å². The molecule has 214 valence electrons. The third kappa shape index (κ3) is 7.11. The van der Waals surface area contributed by atoms with Crippen LogP contribution in [0.5, 0.6) is 11.5 Å². The van der Waals surface area contributed by atoms with E-state index < -0.39 is 15.6 Å². The molecule has 1 aromatic heterocycles. The maximum atomic E-state index is 13.6. The van der Waals surface area contributed by atoms with Gasteiger partial charge in [0, 0.05) is 29.6 Å². The minimum absolute atomic E-state index is 0.0808. The van der Waals surface area contributed by atoms with Gasteiger partial charge in [-0.25, -0.2) is 18.4 Å². The molecule has 11 heteroatoms. The SMILES string of the molecule is COc1cc(Nc2nc3ccccc3nc2CS(=O)(=O)c2cccc(NC(=O)CN3CCCCC3)c2)cc(OC)c1. The Kier molecular flexibility index (Phi) is 8.65. The first kappa shape index (κ1) is 28.3. The van der Waals surface area contributed by atoms with Crippen LogP contribution in [0.4, 0.5) is 17.2 Å². The quantitative estimate of drug-likeness (QED) is 0.275. The number of para-hydroxylation sites is 2. The lowest BCUT2D eigenvalue weighted by Gasteiger charge is -2.25. The van der Waals surface area contributed by atoms with E-state index in [2.05, 4.69) is 20.5 Å². The number of amides is 1. The molecule has 0 aliphatic carbocycles. The number of aromatic nitrogens is 2. The van der Waals surface area contributed by atoms with Gasteiger partial charge in [0.1, 0.15) is 17.3 Å². The van der Waals surface area contributed by atoms with Crippen LogP contribution >= 0.6 is 0 Å². The van der Waals surface area contributed by atoms with Crippen LogP contribution in [0, 0.1) is 0 Å². The molecule has 0 radical (unpaired) electrons. The van der Waals surface area contributed by atoms with Gasteiger partial charge in [-0.2, -0.15) is 0 Å². The summed E-state index contributed by atoms with van der Waals surface area (Å²) in [6.45, 7) is 2.08. The fourth-order valence-corrected chi connectivity index (χ4v) is 6.13. The van der Waals surface area contributed by atoms with E-state index in [0.717, 1.165) is 25.9 Å². The zero-order valence-electron chi connectivity index (χ0n) is 23.1. The first-order chi connectivity index (χ1) is 19.8. The van der Waals surface area contributed by atoms with Gasteiger partial charge in [0.25, 0.3) is 0 Å². The van der Waals surface area contributed by atoms with Crippen molar-refractivity contribution in [1.82, 2.24) is 14.9 Å². The molecule has 0 unspecified atom stereocenters. The number of nitrogens with zero attached hydrogens (tertiary/aromatic N) is 3. The number of anilines is 3. The maximum absolute atomic E-state index is 13.6. The third-order valence-corrected chi connectivity index (χ3v) is 8.50. The van der Waals surface area contributed by atoms with E-state index in [9.17, 15) is 13.2 Å². The van der Waals surface area contributed by atoms with E-state index in [0.29, 0.717) is 39.7 Å². The summed E-state index contributed by atoms with van der Waals surface area (Å²) in [5.74, 6) is 0.859. The highest BCUT2D eigenvalue weighted by Crippen LogP contribution is 2.30. The number of piperidine rings is 1. The molecule has 4 aromatic rings. The van der Waals surface area contributed by atoms with Gasteiger partial charge in [-0.3, -0.25) is 9.69 Å². The molecule has 3 aromatic carbocycles. The molecule has 1 saturated heterocycles. The van der Waals surface area contributed by atoms with Crippen molar-refractivity contribution in [3.8, 4) is 11.5 Å². The Hall–Kier alpha value is -4.22. The van der Waals surface area contributed by atoms with E-state index in [1.165, 1.54) is 18.6 Å². The van der Waals surface area contributed by atoms with Crippen molar-refractivity contribution in [2.45, 2.75) is 29.9 Å². The first-order valence-corrected chi connectivity index (χ1v) is 15.1. The zero-order valence-corrected chi connectivity index (χ0v) is 23.9. The molecular weight excluding hydrogens is 542 g/mol. The Morgan fingerprint density at radius 2 is 1.54 bits per heavy atom. The van der Waals surface area contributed by atoms with Crippen LogP contribution in [0.2, 0.25) is 0 Å². The molecule has 0 saturated carbocycles. The summed E-state index contributed by atoms with van der Waals surface area (Å²) >= 11 is 0. The highest BCUT2D eigenvalue weighted by Gasteiger charge is 2.22. The Bertz CT molecular complexity index is 1630. The summed E-state index contributed by atoms with van der Waals surface area (Å²) in [6, 6.07) is 18.8. The van der Waals surface area contributed by atoms with Crippen molar-refractivity contribution in [3.63, 3.8) is 0 Å². The van der Waals surface area contributed by atoms with Crippen molar-refractivity contribution < 1.29 is 22.7 Å². The monoisotopic (exact) mass is 575 g/mol. The number of hydrogen-bond donors (Lipinski definition) is 2. The lowest BCUT2D eigenvalue weighted by Crippen LogP contribution is -2.36. The molecular formula is C30H33N5O5S. The Morgan fingerprint density at radius 3 is 2.22 bits per heavy atom. The number of carbonyl (C=O) groups is 1. The highest BCUT2D eigenvalue weighted by molar-refractivity contribution is 7.90. The Balaban J connectivity index is 1.41. The number of rotatable bonds is 10. The highest BCUT2D eigenvalue weighted by atomic mass is 32.2. The van der Waals surface area contributed by atoms with Gasteiger partial charge in [0.2, 0.25) is 5.91 Å². The van der Waals surface area contributed by atoms with Crippen LogP contribution in [0.25, 0.3) is 11.0 Å². The predicted octanol–water partition coefficient (Wildman–Crippen LogP) is 4.79. The number of hydrogen-bond acceptors (Lipinski definition) is 9. The average Bonchev–Trinajstić information content (AvgIpc) is 2.97. The number of nitrogens with one attached hydrogen (secondary N) is 2. The standard InChI is InChI=1S/C30H33N5O5S/c1-39-23-15-22(16-24(18-23)40-2)32-30-28(33-26-11-4-5-12-27(26)34-30)20-41(37,38)25-10-8-9-21(17-25)31-29(36)19-35-13-6-3-7-14-35/h4-5,8-12,15-18H,3,6-7,13-14,19-20H2,1-2H3,(H,31,36)(H,32,34). The fourth-order valence-electron chi connectivity index (χ4n) is 4.81. The topological polar surface area (TPSA) is 123 Å². The molecule has 1 amide bonds. The summed E-state index contributed by atoms with van der Waals surface area (Å²) in [6.07, 6.45) is 3.35. The molecule has 2 heterocycles. The average molecular weight is 576 g/mol. The largest absolute Gasteiger partial charge is 0.497 e. The molecule has 0 spiro atoms. The molecule has 0 bridgehead atoms. The minimum Gasteiger partial charge on any atom is -0.497 e. The second kappa shape index (κ2) is 12.5. The van der Waals surface area contributed by atoms with Crippen LogP contribution in [-0.2, 0) is 20.4 Å². The van der Waals surface area contributed by atoms with E-state index in [4.69, 9.17) is 14.5 Å². The second-order valence-corrected chi connectivity index (χ2v) is 11.9. The number of fused-ring (bicyclic) bond motifs is 1. The third-order valence-electron chi connectivity index (χ3n) is 6.88. The number of carbonyl (C=O) groups excluding carboxylic acids is 1. The van der Waals surface area contributed by atoms with Crippen LogP contribution in [0.3, 0.4) is 0 Å². The van der Waals surface area contributed by atoms with E-state index in [-0.39, 0.29) is 23.0 Å². The summed E-state index contributed by atoms with van der Waals surface area (Å²) in [5.41, 5.74) is 2.47. The lowest BCUT2D eigenvalue weighted by molar-refractivity contribution is -0.117. The minimum atomic E-state index is -3.86. The maximum Gasteiger partial charge on any atom is 0.238 e. The van der Waals surface area contributed by atoms with Crippen molar-refractivity contribution in [2.24, 2.45) is 0 Å². The van der Waals surface area contributed by atoms with Gasteiger partial charge < -0.3 is 20.1 Å². The summed E-state index contributed by atoms with van der Waals surface area (Å²) in [4.78, 5) is 24.2. The predicted molar refractivity (Wildman–Crippen MR) is 159 cm³/mol. The first-order valence-electron chi connectivity index (χ1n) is 13.4. The molecule has 2 N–H and O–H groups in total. The van der Waals surface area contributed by atoms with Crippen molar-refractivity contribution in [3.05, 3.63) is 72.4 Å². The number of benzene rings is 3. The van der Waals surface area contributed by atoms with Gasteiger partial charge in [0.05, 0.1) is 42.4 Å². The van der Waals surface area contributed by atoms with Crippen molar-refractivity contribution in [1.29, 1.82) is 0 Å². The molecule has 1 aliphatic rings. The normalized spacial score (nSPS) is 14.0. The molecule has 1 fully saturated rings. The number of methoxy groups -OCH3 is 2. The van der Waals surface area contributed by atoms with Gasteiger partial charge in [0.15, 0.2) is 15.7 Å². The van der Waals surface area contributed by atoms with Crippen LogP contribution in [0.1, 0.15) is 25.0 Å². The van der Waals surface area contributed by atoms with Gasteiger partial charge in [-0.15, -0.1) is 0 Å². The van der Waals surface area contributed by atoms with Crippen LogP contribution < -0.4 is 20.1 Å². The van der Waals surface area contributed by atoms with E-state index in [1.54, 1.807) is 50.6 Å². The van der Waals surface area contributed by atoms with Gasteiger partial charge in [-0.1, -0.05) is 24.6 Å². The molecule has 0 atom stereocenters. The van der Waals surface area contributed by atoms with Crippen LogP contribution in [-0.4, -0.2) is 63.0 Å².